The van der Waals surface area contributed by atoms with E-state index in [9.17, 15) is 4.79 Å². The lowest BCUT2D eigenvalue weighted by atomic mass is 10.3. The molecule has 10 heavy (non-hydrogen) atoms. The van der Waals surface area contributed by atoms with Crippen molar-refractivity contribution < 1.29 is 9.53 Å². The quantitative estimate of drug-likeness (QED) is 0.605. The molecule has 1 aliphatic heterocycles. The Bertz CT molecular complexity index is 184. The molecule has 56 valence electrons. The molecule has 0 aromatic rings. The zero-order valence-electron chi connectivity index (χ0n) is 6.23. The first-order valence-corrected chi connectivity index (χ1v) is 3.36. The van der Waals surface area contributed by atoms with Crippen LogP contribution < -0.4 is 5.32 Å². The topological polar surface area (TPSA) is 38.3 Å². The number of hydrogen-bond acceptors (Lipinski definition) is 2. The molecule has 0 aliphatic carbocycles. The Balaban J connectivity index is 2.65. The number of rotatable bonds is 2. The summed E-state index contributed by atoms with van der Waals surface area (Å²) in [4.78, 5) is 10.8. The fraction of sp³-hybridized carbons (Fsp3) is 0.571. The van der Waals surface area contributed by atoms with Gasteiger partial charge in [0.1, 0.15) is 5.76 Å². The molecule has 1 aliphatic rings. The molecule has 0 atom stereocenters. The molecule has 0 unspecified atom stereocenters. The van der Waals surface area contributed by atoms with E-state index < -0.39 is 0 Å². The second-order valence-corrected chi connectivity index (χ2v) is 2.16. The molecule has 0 aromatic heterocycles. The van der Waals surface area contributed by atoms with Gasteiger partial charge < -0.3 is 10.1 Å². The van der Waals surface area contributed by atoms with E-state index in [1.807, 2.05) is 6.92 Å². The minimum atomic E-state index is -0.0107. The van der Waals surface area contributed by atoms with E-state index in [4.69, 9.17) is 4.74 Å². The van der Waals surface area contributed by atoms with Gasteiger partial charge in [0.15, 0.2) is 0 Å². The maximum absolute atomic E-state index is 10.8. The molecule has 0 radical (unpaired) electrons. The van der Waals surface area contributed by atoms with Crippen molar-refractivity contribution in [2.45, 2.75) is 13.8 Å². The zero-order chi connectivity index (χ0) is 7.56. The summed E-state index contributed by atoms with van der Waals surface area (Å²) in [5, 5.41) is 2.67. The second-order valence-electron chi connectivity index (χ2n) is 2.16. The monoisotopic (exact) mass is 141 g/mol. The summed E-state index contributed by atoms with van der Waals surface area (Å²) in [6.45, 7) is 4.86. The Morgan fingerprint density at radius 2 is 2.40 bits per heavy atom. The van der Waals surface area contributed by atoms with Crippen molar-refractivity contribution in [3.05, 3.63) is 11.3 Å². The van der Waals surface area contributed by atoms with E-state index in [0.717, 1.165) is 5.76 Å². The normalized spacial score (nSPS) is 17.6. The van der Waals surface area contributed by atoms with Crippen LogP contribution in [0.4, 0.5) is 0 Å². The third-order valence-electron chi connectivity index (χ3n) is 1.49. The van der Waals surface area contributed by atoms with E-state index in [1.165, 1.54) is 0 Å². The Morgan fingerprint density at radius 3 is 2.80 bits per heavy atom. The van der Waals surface area contributed by atoms with Crippen molar-refractivity contribution in [3.8, 4) is 0 Å². The standard InChI is InChI=1S/C7H11NO2/c1-3-10-6-4-8-7(9)5(6)2/h3-4H2,1-2H3,(H,8,9). The molecule has 0 fully saturated rings. The summed E-state index contributed by atoms with van der Waals surface area (Å²) in [6.07, 6.45) is 0. The Hall–Kier alpha value is -0.990. The average Bonchev–Trinajstić information content (AvgIpc) is 2.20. The summed E-state index contributed by atoms with van der Waals surface area (Å²) in [5.74, 6) is 0.774. The fourth-order valence-corrected chi connectivity index (χ4v) is 0.886. The van der Waals surface area contributed by atoms with E-state index in [-0.39, 0.29) is 5.91 Å². The molecule has 1 rings (SSSR count). The highest BCUT2D eigenvalue weighted by molar-refractivity contribution is 5.95. The molecular formula is C7H11NO2. The van der Waals surface area contributed by atoms with Gasteiger partial charge in [-0.2, -0.15) is 0 Å². The molecule has 3 heteroatoms. The number of ether oxygens (including phenoxy) is 1. The van der Waals surface area contributed by atoms with Gasteiger partial charge in [0.2, 0.25) is 0 Å². The van der Waals surface area contributed by atoms with Gasteiger partial charge in [0, 0.05) is 0 Å². The zero-order valence-corrected chi connectivity index (χ0v) is 6.23. The molecule has 3 nitrogen and oxygen atoms in total. The van der Waals surface area contributed by atoms with Gasteiger partial charge in [-0.05, 0) is 13.8 Å². The average molecular weight is 141 g/mol. The summed E-state index contributed by atoms with van der Waals surface area (Å²) >= 11 is 0. The lowest BCUT2D eigenvalue weighted by molar-refractivity contribution is -0.116. The van der Waals surface area contributed by atoms with E-state index in [2.05, 4.69) is 5.32 Å². The van der Waals surface area contributed by atoms with Crippen LogP contribution in [0.3, 0.4) is 0 Å². The van der Waals surface area contributed by atoms with Gasteiger partial charge in [0.05, 0.1) is 18.7 Å². The lowest BCUT2D eigenvalue weighted by Gasteiger charge is -2.01. The smallest absolute Gasteiger partial charge is 0.250 e. The van der Waals surface area contributed by atoms with Crippen LogP contribution in [0.2, 0.25) is 0 Å². The highest BCUT2D eigenvalue weighted by Crippen LogP contribution is 2.10. The Kier molecular flexibility index (Phi) is 1.94. The first kappa shape index (κ1) is 7.12. The highest BCUT2D eigenvalue weighted by Gasteiger charge is 2.18. The van der Waals surface area contributed by atoms with Crippen LogP contribution in [-0.4, -0.2) is 19.1 Å². The van der Waals surface area contributed by atoms with Gasteiger partial charge in [0.25, 0.3) is 5.91 Å². The Morgan fingerprint density at radius 1 is 1.70 bits per heavy atom. The molecule has 0 spiro atoms. The van der Waals surface area contributed by atoms with Gasteiger partial charge in [-0.3, -0.25) is 4.79 Å². The molecule has 0 aromatic carbocycles. The van der Waals surface area contributed by atoms with Crippen molar-refractivity contribution in [3.63, 3.8) is 0 Å². The van der Waals surface area contributed by atoms with Gasteiger partial charge in [-0.25, -0.2) is 0 Å². The molecule has 1 amide bonds. The SMILES string of the molecule is CCOC1=C(C)C(=O)NC1. The first-order valence-electron chi connectivity index (χ1n) is 3.36. The summed E-state index contributed by atoms with van der Waals surface area (Å²) in [5.41, 5.74) is 0.710. The molecule has 1 N–H and O–H groups in total. The van der Waals surface area contributed by atoms with Crippen LogP contribution >= 0.6 is 0 Å². The third kappa shape index (κ3) is 1.12. The van der Waals surface area contributed by atoms with E-state index in [0.29, 0.717) is 18.7 Å². The molecular weight excluding hydrogens is 130 g/mol. The van der Waals surface area contributed by atoms with Crippen molar-refractivity contribution in [1.82, 2.24) is 5.32 Å². The third-order valence-corrected chi connectivity index (χ3v) is 1.49. The maximum atomic E-state index is 10.8. The minimum absolute atomic E-state index is 0.0107. The summed E-state index contributed by atoms with van der Waals surface area (Å²) in [7, 11) is 0. The van der Waals surface area contributed by atoms with E-state index in [1.54, 1.807) is 6.92 Å². The fourth-order valence-electron chi connectivity index (χ4n) is 0.886. The van der Waals surface area contributed by atoms with Gasteiger partial charge in [-0.1, -0.05) is 0 Å². The molecule has 0 bridgehead atoms. The van der Waals surface area contributed by atoms with Crippen LogP contribution in [0.5, 0.6) is 0 Å². The van der Waals surface area contributed by atoms with Crippen LogP contribution in [-0.2, 0) is 9.53 Å². The Labute approximate surface area is 60.1 Å². The summed E-state index contributed by atoms with van der Waals surface area (Å²) < 4.78 is 5.18. The minimum Gasteiger partial charge on any atom is -0.496 e. The van der Waals surface area contributed by atoms with Crippen LogP contribution in [0.15, 0.2) is 11.3 Å². The maximum Gasteiger partial charge on any atom is 0.250 e. The lowest BCUT2D eigenvalue weighted by Crippen LogP contribution is -2.16. The highest BCUT2D eigenvalue weighted by atomic mass is 16.5. The number of nitrogens with one attached hydrogen (secondary N) is 1. The number of carbonyl (C=O) groups excluding carboxylic acids is 1. The number of amides is 1. The van der Waals surface area contributed by atoms with Gasteiger partial charge >= 0.3 is 0 Å². The van der Waals surface area contributed by atoms with Crippen LogP contribution in [0.25, 0.3) is 0 Å². The second kappa shape index (κ2) is 2.73. The van der Waals surface area contributed by atoms with Crippen molar-refractivity contribution in [2.75, 3.05) is 13.2 Å². The van der Waals surface area contributed by atoms with Crippen LogP contribution in [0, 0.1) is 0 Å². The van der Waals surface area contributed by atoms with Gasteiger partial charge in [-0.15, -0.1) is 0 Å². The largest absolute Gasteiger partial charge is 0.496 e. The van der Waals surface area contributed by atoms with E-state index >= 15 is 0 Å². The summed E-state index contributed by atoms with van der Waals surface area (Å²) in [6, 6.07) is 0. The predicted molar refractivity (Wildman–Crippen MR) is 37.3 cm³/mol. The van der Waals surface area contributed by atoms with Crippen molar-refractivity contribution in [1.29, 1.82) is 0 Å². The predicted octanol–water partition coefficient (Wildman–Crippen LogP) is 0.427. The number of carbonyl (C=O) groups is 1. The number of hydrogen-bond donors (Lipinski definition) is 1. The molecule has 0 saturated heterocycles. The first-order chi connectivity index (χ1) is 4.75. The molecule has 1 heterocycles. The molecule has 0 saturated carbocycles. The van der Waals surface area contributed by atoms with Crippen molar-refractivity contribution >= 4 is 5.91 Å². The van der Waals surface area contributed by atoms with Crippen LogP contribution in [0.1, 0.15) is 13.8 Å². The van der Waals surface area contributed by atoms with Crippen molar-refractivity contribution in [2.24, 2.45) is 0 Å².